The standard InChI is InChI=1S/C27H21NO5/c29-25-22-13-12-17(15-23(22)26(30)33-25)7-5-6-14-28-27(31)32-16-24-20-10-3-1-8-18(20)19-9-2-4-11-21(19)24/h1-5,7-13,15,24H,6,14,16H2,(H,28,31). The molecule has 0 radical (unpaired) electrons. The third-order valence-electron chi connectivity index (χ3n) is 5.90. The lowest BCUT2D eigenvalue weighted by Gasteiger charge is -2.14. The smallest absolute Gasteiger partial charge is 0.407 e. The van der Waals surface area contributed by atoms with E-state index in [0.717, 1.165) is 5.56 Å². The average Bonchev–Trinajstić information content (AvgIpc) is 3.31. The summed E-state index contributed by atoms with van der Waals surface area (Å²) >= 11 is 0. The molecule has 1 aliphatic carbocycles. The monoisotopic (exact) mass is 439 g/mol. The summed E-state index contributed by atoms with van der Waals surface area (Å²) < 4.78 is 10.1. The number of hydrogen-bond acceptors (Lipinski definition) is 5. The topological polar surface area (TPSA) is 81.7 Å². The second-order valence-corrected chi connectivity index (χ2v) is 7.93. The predicted octanol–water partition coefficient (Wildman–Crippen LogP) is 4.94. The molecular weight excluding hydrogens is 418 g/mol. The number of esters is 2. The van der Waals surface area contributed by atoms with Gasteiger partial charge in [-0.3, -0.25) is 0 Å². The molecule has 3 aromatic rings. The Morgan fingerprint density at radius 2 is 1.55 bits per heavy atom. The number of alkyl carbamates (subject to hydrolysis) is 1. The van der Waals surface area contributed by atoms with Gasteiger partial charge in [0.15, 0.2) is 0 Å². The zero-order chi connectivity index (χ0) is 22.8. The Kier molecular flexibility index (Phi) is 5.48. The van der Waals surface area contributed by atoms with Gasteiger partial charge >= 0.3 is 18.0 Å². The largest absolute Gasteiger partial charge is 0.449 e. The van der Waals surface area contributed by atoms with E-state index in [1.807, 2.05) is 36.4 Å². The summed E-state index contributed by atoms with van der Waals surface area (Å²) in [5, 5.41) is 2.76. The van der Waals surface area contributed by atoms with Crippen molar-refractivity contribution in [3.63, 3.8) is 0 Å². The van der Waals surface area contributed by atoms with Gasteiger partial charge in [-0.1, -0.05) is 66.7 Å². The van der Waals surface area contributed by atoms with Crippen molar-refractivity contribution >= 4 is 24.1 Å². The van der Waals surface area contributed by atoms with Crippen LogP contribution in [-0.2, 0) is 9.47 Å². The van der Waals surface area contributed by atoms with E-state index >= 15 is 0 Å². The summed E-state index contributed by atoms with van der Waals surface area (Å²) in [6, 6.07) is 21.4. The highest BCUT2D eigenvalue weighted by atomic mass is 16.6. The molecule has 3 aromatic carbocycles. The van der Waals surface area contributed by atoms with Crippen molar-refractivity contribution in [2.24, 2.45) is 0 Å². The second kappa shape index (κ2) is 8.74. The number of carbonyl (C=O) groups excluding carboxylic acids is 3. The molecule has 164 valence electrons. The van der Waals surface area contributed by atoms with E-state index < -0.39 is 18.0 Å². The van der Waals surface area contributed by atoms with Crippen molar-refractivity contribution in [3.05, 3.63) is 101 Å². The number of hydrogen-bond donors (Lipinski definition) is 1. The third kappa shape index (κ3) is 4.03. The quantitative estimate of drug-likeness (QED) is 0.334. The van der Waals surface area contributed by atoms with Gasteiger partial charge in [0, 0.05) is 12.5 Å². The molecule has 0 bridgehead atoms. The van der Waals surface area contributed by atoms with E-state index in [1.54, 1.807) is 18.2 Å². The number of amides is 1. The number of benzene rings is 3. The average molecular weight is 439 g/mol. The molecule has 0 atom stereocenters. The van der Waals surface area contributed by atoms with Gasteiger partial charge in [0.1, 0.15) is 6.61 Å². The molecule has 0 spiro atoms. The van der Waals surface area contributed by atoms with E-state index in [9.17, 15) is 14.4 Å². The summed E-state index contributed by atoms with van der Waals surface area (Å²) in [4.78, 5) is 35.4. The van der Waals surface area contributed by atoms with Crippen LogP contribution in [-0.4, -0.2) is 31.2 Å². The summed E-state index contributed by atoms with van der Waals surface area (Å²) in [5.41, 5.74) is 6.08. The minimum atomic E-state index is -0.623. The van der Waals surface area contributed by atoms with Gasteiger partial charge in [-0.2, -0.15) is 0 Å². The highest BCUT2D eigenvalue weighted by Gasteiger charge is 2.30. The maximum absolute atomic E-state index is 12.2. The number of cyclic esters (lactones) is 2. The van der Waals surface area contributed by atoms with Crippen LogP contribution in [0.4, 0.5) is 4.79 Å². The molecule has 0 saturated heterocycles. The number of fused-ring (bicyclic) bond motifs is 4. The Labute approximate surface area is 190 Å². The Bertz CT molecular complexity index is 1250. The van der Waals surface area contributed by atoms with Crippen LogP contribution >= 0.6 is 0 Å². The second-order valence-electron chi connectivity index (χ2n) is 7.93. The van der Waals surface area contributed by atoms with Crippen LogP contribution in [0.2, 0.25) is 0 Å². The van der Waals surface area contributed by atoms with E-state index in [-0.39, 0.29) is 23.7 Å². The summed E-state index contributed by atoms with van der Waals surface area (Å²) in [7, 11) is 0. The van der Waals surface area contributed by atoms with Crippen LogP contribution in [0.3, 0.4) is 0 Å². The first-order valence-corrected chi connectivity index (χ1v) is 10.8. The molecular formula is C27H21NO5. The minimum Gasteiger partial charge on any atom is -0.449 e. The molecule has 6 heteroatoms. The summed E-state index contributed by atoms with van der Waals surface area (Å²) in [5.74, 6) is -1.21. The summed E-state index contributed by atoms with van der Waals surface area (Å²) in [6.45, 7) is 0.693. The van der Waals surface area contributed by atoms with Crippen molar-refractivity contribution in [1.29, 1.82) is 0 Å². The third-order valence-corrected chi connectivity index (χ3v) is 5.90. The van der Waals surface area contributed by atoms with Crippen LogP contribution in [0.25, 0.3) is 17.2 Å². The van der Waals surface area contributed by atoms with E-state index in [2.05, 4.69) is 34.3 Å². The highest BCUT2D eigenvalue weighted by Crippen LogP contribution is 2.44. The zero-order valence-corrected chi connectivity index (χ0v) is 17.7. The van der Waals surface area contributed by atoms with Crippen LogP contribution in [0.5, 0.6) is 0 Å². The van der Waals surface area contributed by atoms with Gasteiger partial charge in [-0.25, -0.2) is 14.4 Å². The fraction of sp³-hybridized carbons (Fsp3) is 0.148. The van der Waals surface area contributed by atoms with Crippen LogP contribution in [0, 0.1) is 0 Å². The molecule has 5 rings (SSSR count). The predicted molar refractivity (Wildman–Crippen MR) is 123 cm³/mol. The van der Waals surface area contributed by atoms with Crippen molar-refractivity contribution < 1.29 is 23.9 Å². The summed E-state index contributed by atoms with van der Waals surface area (Å²) in [6.07, 6.45) is 3.85. The zero-order valence-electron chi connectivity index (χ0n) is 17.7. The van der Waals surface area contributed by atoms with Gasteiger partial charge in [-0.15, -0.1) is 0 Å². The SMILES string of the molecule is O=C(NCCC=Cc1ccc2c(c1)C(=O)OC2=O)OCC1c2ccccc2-c2ccccc21. The lowest BCUT2D eigenvalue weighted by atomic mass is 9.98. The lowest BCUT2D eigenvalue weighted by molar-refractivity contribution is 0.0443. The van der Waals surface area contributed by atoms with E-state index in [1.165, 1.54) is 22.3 Å². The van der Waals surface area contributed by atoms with Crippen molar-refractivity contribution in [2.45, 2.75) is 12.3 Å². The molecule has 1 amide bonds. The lowest BCUT2D eigenvalue weighted by Crippen LogP contribution is -2.26. The number of nitrogens with one attached hydrogen (secondary N) is 1. The first-order valence-electron chi connectivity index (χ1n) is 10.8. The molecule has 0 fully saturated rings. The number of rotatable bonds is 6. The van der Waals surface area contributed by atoms with Crippen LogP contribution in [0.1, 0.15) is 49.7 Å². The molecule has 1 aliphatic heterocycles. The Morgan fingerprint density at radius 1 is 0.879 bits per heavy atom. The maximum Gasteiger partial charge on any atom is 0.407 e. The fourth-order valence-corrected chi connectivity index (χ4v) is 4.33. The van der Waals surface area contributed by atoms with Gasteiger partial charge in [0.25, 0.3) is 0 Å². The molecule has 2 aliphatic rings. The van der Waals surface area contributed by atoms with Crippen molar-refractivity contribution in [2.75, 3.05) is 13.2 Å². The molecule has 33 heavy (non-hydrogen) atoms. The van der Waals surface area contributed by atoms with Crippen LogP contribution < -0.4 is 5.32 Å². The Hall–Kier alpha value is -4.19. The molecule has 0 aromatic heterocycles. The van der Waals surface area contributed by atoms with Gasteiger partial charge in [-0.05, 0) is 46.4 Å². The molecule has 1 heterocycles. The van der Waals surface area contributed by atoms with E-state index in [4.69, 9.17) is 4.74 Å². The van der Waals surface area contributed by atoms with Crippen molar-refractivity contribution in [3.8, 4) is 11.1 Å². The minimum absolute atomic E-state index is 0.0291. The first-order chi connectivity index (χ1) is 16.1. The highest BCUT2D eigenvalue weighted by molar-refractivity contribution is 6.14. The normalized spacial score (nSPS) is 14.1. The fourth-order valence-electron chi connectivity index (χ4n) is 4.33. The van der Waals surface area contributed by atoms with E-state index in [0.29, 0.717) is 13.0 Å². The van der Waals surface area contributed by atoms with Gasteiger partial charge in [0.05, 0.1) is 11.1 Å². The van der Waals surface area contributed by atoms with Gasteiger partial charge < -0.3 is 14.8 Å². The van der Waals surface area contributed by atoms with Gasteiger partial charge in [0.2, 0.25) is 0 Å². The first kappa shape index (κ1) is 20.7. The Morgan fingerprint density at radius 3 is 2.27 bits per heavy atom. The Balaban J connectivity index is 1.12. The molecule has 0 unspecified atom stereocenters. The number of carbonyl (C=O) groups is 3. The molecule has 1 N–H and O–H groups in total. The molecule has 0 saturated carbocycles. The van der Waals surface area contributed by atoms with Crippen LogP contribution in [0.15, 0.2) is 72.8 Å². The van der Waals surface area contributed by atoms with Crippen molar-refractivity contribution in [1.82, 2.24) is 5.32 Å². The molecule has 6 nitrogen and oxygen atoms in total. The number of ether oxygens (including phenoxy) is 2. The maximum atomic E-state index is 12.2.